The lowest BCUT2D eigenvalue weighted by atomic mass is 10.2. The summed E-state index contributed by atoms with van der Waals surface area (Å²) in [6.45, 7) is 4.13. The van der Waals surface area contributed by atoms with Gasteiger partial charge in [-0.3, -0.25) is 9.48 Å². The number of ether oxygens (including phenoxy) is 1. The number of aryl methyl sites for hydroxylation is 1. The van der Waals surface area contributed by atoms with E-state index < -0.39 is 0 Å². The minimum absolute atomic E-state index is 0.109. The van der Waals surface area contributed by atoms with Crippen LogP contribution in [0, 0.1) is 0 Å². The summed E-state index contributed by atoms with van der Waals surface area (Å²) in [4.78, 5) is 21.9. The monoisotopic (exact) mass is 263 g/mol. The molecule has 7 heteroatoms. The Balaban J connectivity index is 2.47. The van der Waals surface area contributed by atoms with Crippen LogP contribution in [-0.4, -0.2) is 45.4 Å². The summed E-state index contributed by atoms with van der Waals surface area (Å²) in [6.07, 6.45) is 3.18. The molecule has 0 aliphatic carbocycles. The molecule has 2 heterocycles. The van der Waals surface area contributed by atoms with Crippen molar-refractivity contribution in [3.8, 4) is 0 Å². The number of hydrogen-bond acceptors (Lipinski definition) is 6. The first-order valence-electron chi connectivity index (χ1n) is 6.00. The van der Waals surface area contributed by atoms with Gasteiger partial charge in [0, 0.05) is 13.1 Å². The zero-order chi connectivity index (χ0) is 14.0. The molecule has 0 spiro atoms. The van der Waals surface area contributed by atoms with Gasteiger partial charge in [0.15, 0.2) is 5.65 Å². The Morgan fingerprint density at radius 2 is 2.21 bits per heavy atom. The first-order chi connectivity index (χ1) is 9.04. The first-order valence-corrected chi connectivity index (χ1v) is 6.00. The van der Waals surface area contributed by atoms with E-state index >= 15 is 0 Å². The minimum Gasteiger partial charge on any atom is -0.468 e. The summed E-state index contributed by atoms with van der Waals surface area (Å²) in [5.74, 6) is 0.392. The van der Waals surface area contributed by atoms with E-state index in [2.05, 4.69) is 15.1 Å². The summed E-state index contributed by atoms with van der Waals surface area (Å²) in [5, 5.41) is 4.99. The fraction of sp³-hybridized carbons (Fsp3) is 0.500. The van der Waals surface area contributed by atoms with Crippen LogP contribution in [0.3, 0.4) is 0 Å². The fourth-order valence-corrected chi connectivity index (χ4v) is 1.88. The Bertz CT molecular complexity index is 593. The third kappa shape index (κ3) is 2.49. The molecule has 0 saturated heterocycles. The molecule has 0 amide bonds. The maximum atomic E-state index is 11.5. The number of anilines is 1. The van der Waals surface area contributed by atoms with Crippen LogP contribution in [0.25, 0.3) is 11.0 Å². The highest BCUT2D eigenvalue weighted by Gasteiger charge is 2.20. The van der Waals surface area contributed by atoms with Crippen molar-refractivity contribution in [2.45, 2.75) is 19.9 Å². The van der Waals surface area contributed by atoms with Crippen molar-refractivity contribution in [3.05, 3.63) is 12.5 Å². The molecule has 0 N–H and O–H groups in total. The topological polar surface area (TPSA) is 73.1 Å². The Morgan fingerprint density at radius 1 is 1.47 bits per heavy atom. The molecule has 2 aromatic heterocycles. The molecule has 0 fully saturated rings. The number of esters is 1. The molecule has 0 aliphatic rings. The number of methoxy groups -OCH3 is 1. The average Bonchev–Trinajstić information content (AvgIpc) is 2.77. The number of hydrogen-bond donors (Lipinski definition) is 0. The van der Waals surface area contributed by atoms with Gasteiger partial charge in [-0.15, -0.1) is 0 Å². The second-order valence-corrected chi connectivity index (χ2v) is 4.50. The van der Waals surface area contributed by atoms with Crippen LogP contribution in [0.15, 0.2) is 12.5 Å². The Hall–Kier alpha value is -2.18. The first kappa shape index (κ1) is 13.3. The molecule has 0 unspecified atom stereocenters. The minimum atomic E-state index is -0.302. The standard InChI is InChI=1S/C12H17N5O2/c1-8(2)17(6-10(18)19-4)12-9-5-15-16(3)11(9)13-7-14-12/h5,7-8H,6H2,1-4H3. The molecule has 7 nitrogen and oxygen atoms in total. The highest BCUT2D eigenvalue weighted by molar-refractivity contribution is 5.88. The maximum absolute atomic E-state index is 11.5. The van der Waals surface area contributed by atoms with Crippen molar-refractivity contribution in [1.29, 1.82) is 0 Å². The van der Waals surface area contributed by atoms with E-state index in [0.29, 0.717) is 5.82 Å². The van der Waals surface area contributed by atoms with Crippen molar-refractivity contribution >= 4 is 22.8 Å². The number of aromatic nitrogens is 4. The SMILES string of the molecule is COC(=O)CN(c1ncnc2c1cnn2C)C(C)C. The van der Waals surface area contributed by atoms with E-state index in [1.807, 2.05) is 25.8 Å². The van der Waals surface area contributed by atoms with Crippen molar-refractivity contribution < 1.29 is 9.53 Å². The van der Waals surface area contributed by atoms with Crippen molar-refractivity contribution in [2.75, 3.05) is 18.6 Å². The average molecular weight is 263 g/mol. The van der Waals surface area contributed by atoms with E-state index in [4.69, 9.17) is 4.74 Å². The molecule has 0 atom stereocenters. The Kier molecular flexibility index (Phi) is 3.64. The van der Waals surface area contributed by atoms with E-state index in [9.17, 15) is 4.79 Å². The van der Waals surface area contributed by atoms with E-state index in [-0.39, 0.29) is 18.6 Å². The van der Waals surface area contributed by atoms with Crippen LogP contribution in [-0.2, 0) is 16.6 Å². The lowest BCUT2D eigenvalue weighted by Gasteiger charge is -2.26. The summed E-state index contributed by atoms with van der Waals surface area (Å²) >= 11 is 0. The largest absolute Gasteiger partial charge is 0.468 e. The maximum Gasteiger partial charge on any atom is 0.325 e. The lowest BCUT2D eigenvalue weighted by Crippen LogP contribution is -2.37. The van der Waals surface area contributed by atoms with Gasteiger partial charge in [-0.2, -0.15) is 5.10 Å². The van der Waals surface area contributed by atoms with Crippen LogP contribution >= 0.6 is 0 Å². The van der Waals surface area contributed by atoms with E-state index in [1.54, 1.807) is 10.9 Å². The predicted molar refractivity (Wildman–Crippen MR) is 70.8 cm³/mol. The number of rotatable bonds is 4. The molecule has 0 aliphatic heterocycles. The molecule has 0 bridgehead atoms. The molecular weight excluding hydrogens is 246 g/mol. The van der Waals surface area contributed by atoms with E-state index in [0.717, 1.165) is 11.0 Å². The van der Waals surface area contributed by atoms with Gasteiger partial charge in [0.05, 0.1) is 18.7 Å². The van der Waals surface area contributed by atoms with Gasteiger partial charge in [-0.1, -0.05) is 0 Å². The summed E-state index contributed by atoms with van der Waals surface area (Å²) in [7, 11) is 3.19. The van der Waals surface area contributed by atoms with Crippen LogP contribution in [0.5, 0.6) is 0 Å². The van der Waals surface area contributed by atoms with Crippen molar-refractivity contribution in [3.63, 3.8) is 0 Å². The normalized spacial score (nSPS) is 11.0. The smallest absolute Gasteiger partial charge is 0.325 e. The lowest BCUT2D eigenvalue weighted by molar-refractivity contribution is -0.139. The Morgan fingerprint density at radius 3 is 2.84 bits per heavy atom. The second kappa shape index (κ2) is 5.21. The van der Waals surface area contributed by atoms with Crippen molar-refractivity contribution in [1.82, 2.24) is 19.7 Å². The van der Waals surface area contributed by atoms with Gasteiger partial charge < -0.3 is 9.64 Å². The highest BCUT2D eigenvalue weighted by atomic mass is 16.5. The summed E-state index contributed by atoms with van der Waals surface area (Å²) in [6, 6.07) is 0.109. The summed E-state index contributed by atoms with van der Waals surface area (Å²) in [5.41, 5.74) is 0.737. The third-order valence-corrected chi connectivity index (χ3v) is 2.93. The Labute approximate surface area is 111 Å². The van der Waals surface area contributed by atoms with Gasteiger partial charge >= 0.3 is 5.97 Å². The number of nitrogens with zero attached hydrogens (tertiary/aromatic N) is 5. The molecule has 19 heavy (non-hydrogen) atoms. The molecule has 0 aromatic carbocycles. The quantitative estimate of drug-likeness (QED) is 0.758. The molecule has 0 radical (unpaired) electrons. The van der Waals surface area contributed by atoms with Crippen molar-refractivity contribution in [2.24, 2.45) is 7.05 Å². The molecular formula is C12H17N5O2. The molecule has 102 valence electrons. The van der Waals surface area contributed by atoms with Crippen LogP contribution in [0.4, 0.5) is 5.82 Å². The van der Waals surface area contributed by atoms with Gasteiger partial charge in [0.2, 0.25) is 0 Å². The molecule has 2 aromatic rings. The van der Waals surface area contributed by atoms with Gasteiger partial charge in [0.25, 0.3) is 0 Å². The fourth-order valence-electron chi connectivity index (χ4n) is 1.88. The number of fused-ring (bicyclic) bond motifs is 1. The highest BCUT2D eigenvalue weighted by Crippen LogP contribution is 2.23. The number of carbonyl (C=O) groups excluding carboxylic acids is 1. The molecule has 0 saturated carbocycles. The van der Waals surface area contributed by atoms with E-state index in [1.165, 1.54) is 13.4 Å². The van der Waals surface area contributed by atoms with Gasteiger partial charge in [-0.05, 0) is 13.8 Å². The zero-order valence-corrected chi connectivity index (χ0v) is 11.5. The zero-order valence-electron chi connectivity index (χ0n) is 11.5. The third-order valence-electron chi connectivity index (χ3n) is 2.93. The van der Waals surface area contributed by atoms with Crippen LogP contribution in [0.1, 0.15) is 13.8 Å². The molecule has 2 rings (SSSR count). The summed E-state index contributed by atoms with van der Waals surface area (Å²) < 4.78 is 6.40. The van der Waals surface area contributed by atoms with Crippen LogP contribution < -0.4 is 4.90 Å². The van der Waals surface area contributed by atoms with Gasteiger partial charge in [0.1, 0.15) is 18.7 Å². The second-order valence-electron chi connectivity index (χ2n) is 4.50. The predicted octanol–water partition coefficient (Wildman–Crippen LogP) is 0.751. The van der Waals surface area contributed by atoms with Crippen LogP contribution in [0.2, 0.25) is 0 Å². The van der Waals surface area contributed by atoms with Gasteiger partial charge in [-0.25, -0.2) is 9.97 Å². The number of carbonyl (C=O) groups is 1.